The van der Waals surface area contributed by atoms with Crippen molar-refractivity contribution in [3.05, 3.63) is 29.6 Å². The van der Waals surface area contributed by atoms with E-state index in [1.165, 1.54) is 30.8 Å². The highest BCUT2D eigenvalue weighted by Gasteiger charge is 1.96. The zero-order valence-electron chi connectivity index (χ0n) is 8.79. The van der Waals surface area contributed by atoms with E-state index in [2.05, 4.69) is 11.8 Å². The number of halogens is 1. The molecule has 0 aliphatic rings. The third-order valence-electron chi connectivity index (χ3n) is 1.65. The lowest BCUT2D eigenvalue weighted by molar-refractivity contribution is -0.109. The summed E-state index contributed by atoms with van der Waals surface area (Å²) >= 11 is 1.21. The zero-order valence-corrected chi connectivity index (χ0v) is 9.60. The highest BCUT2D eigenvalue weighted by Crippen LogP contribution is 2.13. The van der Waals surface area contributed by atoms with Crippen molar-refractivity contribution in [2.24, 2.45) is 0 Å². The van der Waals surface area contributed by atoms with Gasteiger partial charge in [-0.25, -0.2) is 4.39 Å². The average Bonchev–Trinajstić information content (AvgIpc) is 2.15. The van der Waals surface area contributed by atoms with Crippen LogP contribution < -0.4 is 0 Å². The number of rotatable bonds is 2. The summed E-state index contributed by atoms with van der Waals surface area (Å²) in [6.07, 6.45) is 0.557. The van der Waals surface area contributed by atoms with E-state index < -0.39 is 5.82 Å². The minimum atomic E-state index is -0.512. The molecule has 0 aliphatic carbocycles. The van der Waals surface area contributed by atoms with Gasteiger partial charge in [-0.3, -0.25) is 4.79 Å². The molecule has 0 aromatic heterocycles. The summed E-state index contributed by atoms with van der Waals surface area (Å²) in [4.78, 5) is 10.6. The number of carbonyl (C=O) groups is 1. The summed E-state index contributed by atoms with van der Waals surface area (Å²) in [6, 6.07) is 3.68. The van der Waals surface area contributed by atoms with E-state index >= 15 is 0 Å². The first-order valence-electron chi connectivity index (χ1n) is 4.70. The summed E-state index contributed by atoms with van der Waals surface area (Å²) in [6.45, 7) is 1.50. The Balaban J connectivity index is 2.53. The van der Waals surface area contributed by atoms with Gasteiger partial charge in [0, 0.05) is 30.7 Å². The van der Waals surface area contributed by atoms with Gasteiger partial charge in [0.15, 0.2) is 5.12 Å². The maximum atomic E-state index is 12.8. The molecule has 4 heteroatoms. The standard InChI is InChI=1S/C12H11FO2S/c1-9(14)16-5-3-2-4-10-6-11(13)8-12(15)7-10/h6-8,15H,3,5H2,1H3. The molecule has 84 valence electrons. The van der Waals surface area contributed by atoms with Crippen LogP contribution in [0.1, 0.15) is 18.9 Å². The van der Waals surface area contributed by atoms with E-state index in [1.807, 2.05) is 0 Å². The van der Waals surface area contributed by atoms with Gasteiger partial charge in [0.1, 0.15) is 11.6 Å². The van der Waals surface area contributed by atoms with Crippen LogP contribution >= 0.6 is 11.8 Å². The van der Waals surface area contributed by atoms with Gasteiger partial charge in [-0.2, -0.15) is 0 Å². The molecule has 0 aliphatic heterocycles. The topological polar surface area (TPSA) is 37.3 Å². The summed E-state index contributed by atoms with van der Waals surface area (Å²) in [5.74, 6) is 5.52. The Labute approximate surface area is 97.9 Å². The second kappa shape index (κ2) is 6.19. The maximum Gasteiger partial charge on any atom is 0.185 e. The molecule has 0 bridgehead atoms. The highest BCUT2D eigenvalue weighted by atomic mass is 32.2. The highest BCUT2D eigenvalue weighted by molar-refractivity contribution is 8.13. The minimum Gasteiger partial charge on any atom is -0.508 e. The van der Waals surface area contributed by atoms with Gasteiger partial charge in [0.2, 0.25) is 0 Å². The number of phenolic OH excluding ortho intramolecular Hbond substituents is 1. The van der Waals surface area contributed by atoms with Crippen molar-refractivity contribution in [2.45, 2.75) is 13.3 Å². The number of carbonyl (C=O) groups excluding carboxylic acids is 1. The Morgan fingerprint density at radius 1 is 1.50 bits per heavy atom. The first-order valence-corrected chi connectivity index (χ1v) is 5.68. The first-order chi connectivity index (χ1) is 7.58. The Kier molecular flexibility index (Phi) is 4.87. The smallest absolute Gasteiger partial charge is 0.185 e. The predicted molar refractivity (Wildman–Crippen MR) is 62.7 cm³/mol. The molecular weight excluding hydrogens is 227 g/mol. The van der Waals surface area contributed by atoms with Crippen molar-refractivity contribution in [1.29, 1.82) is 0 Å². The van der Waals surface area contributed by atoms with Crippen LogP contribution in [0.3, 0.4) is 0 Å². The largest absolute Gasteiger partial charge is 0.508 e. The van der Waals surface area contributed by atoms with Crippen LogP contribution in [0.15, 0.2) is 18.2 Å². The van der Waals surface area contributed by atoms with E-state index in [9.17, 15) is 9.18 Å². The summed E-state index contributed by atoms with van der Waals surface area (Å²) in [7, 11) is 0. The van der Waals surface area contributed by atoms with Crippen LogP contribution in [0.5, 0.6) is 5.75 Å². The van der Waals surface area contributed by atoms with E-state index in [0.29, 0.717) is 17.7 Å². The lowest BCUT2D eigenvalue weighted by Gasteiger charge is -1.94. The second-order valence-electron chi connectivity index (χ2n) is 3.09. The van der Waals surface area contributed by atoms with Crippen molar-refractivity contribution in [2.75, 3.05) is 5.75 Å². The van der Waals surface area contributed by atoms with Crippen LogP contribution in [0.4, 0.5) is 4.39 Å². The molecule has 0 saturated heterocycles. The molecule has 0 amide bonds. The lowest BCUT2D eigenvalue weighted by atomic mass is 10.2. The molecule has 0 unspecified atom stereocenters. The predicted octanol–water partition coefficient (Wildman–Crippen LogP) is 2.55. The number of thioether (sulfide) groups is 1. The van der Waals surface area contributed by atoms with Crippen molar-refractivity contribution < 1.29 is 14.3 Å². The quantitative estimate of drug-likeness (QED) is 0.635. The first kappa shape index (κ1) is 12.6. The Morgan fingerprint density at radius 2 is 2.25 bits per heavy atom. The number of phenols is 1. The average molecular weight is 238 g/mol. The molecule has 0 spiro atoms. The number of benzene rings is 1. The summed E-state index contributed by atoms with van der Waals surface area (Å²) < 4.78 is 12.8. The van der Waals surface area contributed by atoms with Crippen molar-refractivity contribution in [3.8, 4) is 17.6 Å². The van der Waals surface area contributed by atoms with E-state index in [0.717, 1.165) is 6.07 Å². The molecule has 1 rings (SSSR count). The fourth-order valence-corrected chi connectivity index (χ4v) is 1.55. The number of hydrogen-bond acceptors (Lipinski definition) is 3. The molecule has 1 aromatic rings. The van der Waals surface area contributed by atoms with E-state index in [-0.39, 0.29) is 10.9 Å². The minimum absolute atomic E-state index is 0.0604. The van der Waals surface area contributed by atoms with Crippen LogP contribution in [0.25, 0.3) is 0 Å². The van der Waals surface area contributed by atoms with Gasteiger partial charge in [0.25, 0.3) is 0 Å². The van der Waals surface area contributed by atoms with Gasteiger partial charge < -0.3 is 5.11 Å². The molecule has 16 heavy (non-hydrogen) atoms. The molecule has 0 fully saturated rings. The number of hydrogen-bond donors (Lipinski definition) is 1. The van der Waals surface area contributed by atoms with Gasteiger partial charge in [-0.15, -0.1) is 0 Å². The number of aromatic hydroxyl groups is 1. The van der Waals surface area contributed by atoms with Crippen LogP contribution in [-0.2, 0) is 4.79 Å². The molecule has 1 N–H and O–H groups in total. The summed E-state index contributed by atoms with van der Waals surface area (Å²) in [5.41, 5.74) is 0.435. The molecular formula is C12H11FO2S. The lowest BCUT2D eigenvalue weighted by Crippen LogP contribution is -1.84. The summed E-state index contributed by atoms with van der Waals surface area (Å²) in [5, 5.41) is 9.17. The van der Waals surface area contributed by atoms with Gasteiger partial charge in [0.05, 0.1) is 0 Å². The molecule has 1 aromatic carbocycles. The molecule has 0 atom stereocenters. The second-order valence-corrected chi connectivity index (χ2v) is 4.36. The van der Waals surface area contributed by atoms with Crippen molar-refractivity contribution >= 4 is 16.9 Å². The molecule has 0 radical (unpaired) electrons. The molecule has 0 heterocycles. The third-order valence-corrected chi connectivity index (χ3v) is 2.46. The Hall–Kier alpha value is -1.47. The van der Waals surface area contributed by atoms with Crippen LogP contribution in [0, 0.1) is 17.7 Å². The zero-order chi connectivity index (χ0) is 12.0. The fraction of sp³-hybridized carbons (Fsp3) is 0.250. The van der Waals surface area contributed by atoms with Crippen LogP contribution in [0.2, 0.25) is 0 Å². The Morgan fingerprint density at radius 3 is 2.88 bits per heavy atom. The van der Waals surface area contributed by atoms with Crippen molar-refractivity contribution in [1.82, 2.24) is 0 Å². The maximum absolute atomic E-state index is 12.8. The monoisotopic (exact) mass is 238 g/mol. The molecule has 0 saturated carbocycles. The van der Waals surface area contributed by atoms with Crippen molar-refractivity contribution in [3.63, 3.8) is 0 Å². The van der Waals surface area contributed by atoms with Crippen LogP contribution in [-0.4, -0.2) is 16.0 Å². The third kappa shape index (κ3) is 4.85. The molecule has 2 nitrogen and oxygen atoms in total. The SMILES string of the molecule is CC(=O)SCCC#Cc1cc(O)cc(F)c1. The van der Waals surface area contributed by atoms with Gasteiger partial charge in [-0.05, 0) is 12.1 Å². The Bertz CT molecular complexity index is 426. The van der Waals surface area contributed by atoms with Gasteiger partial charge in [-0.1, -0.05) is 23.6 Å². The van der Waals surface area contributed by atoms with Gasteiger partial charge >= 0.3 is 0 Å². The fourth-order valence-electron chi connectivity index (χ4n) is 1.06. The van der Waals surface area contributed by atoms with E-state index in [1.54, 1.807) is 0 Å². The van der Waals surface area contributed by atoms with E-state index in [4.69, 9.17) is 5.11 Å². The normalized spacial score (nSPS) is 9.38.